The molecule has 1 N–H and O–H groups in total. The SMILES string of the molecule is CCN(CC)CCn1c(SCC(=O)N(C)CC(=O)NC)nc2ccccc2c1=O. The Labute approximate surface area is 175 Å². The van der Waals surface area contributed by atoms with Gasteiger partial charge in [0.25, 0.3) is 5.56 Å². The number of thioether (sulfide) groups is 1. The number of fused-ring (bicyclic) bond motifs is 1. The fourth-order valence-electron chi connectivity index (χ4n) is 2.86. The van der Waals surface area contributed by atoms with Crippen LogP contribution in [0.15, 0.2) is 34.2 Å². The average Bonchev–Trinajstić information content (AvgIpc) is 2.73. The highest BCUT2D eigenvalue weighted by Crippen LogP contribution is 2.18. The summed E-state index contributed by atoms with van der Waals surface area (Å²) in [4.78, 5) is 45.1. The molecule has 0 aliphatic heterocycles. The second kappa shape index (κ2) is 11.0. The van der Waals surface area contributed by atoms with E-state index in [4.69, 9.17) is 0 Å². The van der Waals surface area contributed by atoms with Crippen LogP contribution in [0.1, 0.15) is 13.8 Å². The Morgan fingerprint density at radius 1 is 1.21 bits per heavy atom. The van der Waals surface area contributed by atoms with Crippen LogP contribution in [0.5, 0.6) is 0 Å². The minimum atomic E-state index is -0.231. The lowest BCUT2D eigenvalue weighted by molar-refractivity contribution is -0.132. The number of aromatic nitrogens is 2. The zero-order valence-corrected chi connectivity index (χ0v) is 18.3. The molecule has 0 bridgehead atoms. The Balaban J connectivity index is 2.25. The number of likely N-dealkylation sites (N-methyl/N-ethyl adjacent to an activating group) is 3. The molecule has 1 heterocycles. The number of carbonyl (C=O) groups excluding carboxylic acids is 2. The summed E-state index contributed by atoms with van der Waals surface area (Å²) >= 11 is 1.22. The number of rotatable bonds is 10. The minimum absolute atomic E-state index is 0.00416. The highest BCUT2D eigenvalue weighted by Gasteiger charge is 2.16. The molecule has 2 rings (SSSR count). The third-order valence-electron chi connectivity index (χ3n) is 4.77. The molecule has 0 saturated carbocycles. The van der Waals surface area contributed by atoms with Crippen molar-refractivity contribution in [2.24, 2.45) is 0 Å². The molecule has 158 valence electrons. The lowest BCUT2D eigenvalue weighted by Gasteiger charge is -2.20. The topological polar surface area (TPSA) is 87.5 Å². The van der Waals surface area contributed by atoms with Crippen molar-refractivity contribution in [1.82, 2.24) is 24.7 Å². The molecule has 0 fully saturated rings. The number of amides is 2. The van der Waals surface area contributed by atoms with Gasteiger partial charge in [0.15, 0.2) is 5.16 Å². The average molecular weight is 420 g/mol. The Morgan fingerprint density at radius 3 is 2.55 bits per heavy atom. The molecule has 29 heavy (non-hydrogen) atoms. The largest absolute Gasteiger partial charge is 0.358 e. The second-order valence-electron chi connectivity index (χ2n) is 6.61. The van der Waals surface area contributed by atoms with Gasteiger partial charge in [0.1, 0.15) is 0 Å². The first-order chi connectivity index (χ1) is 13.9. The van der Waals surface area contributed by atoms with Crippen LogP contribution in [0.4, 0.5) is 0 Å². The van der Waals surface area contributed by atoms with Crippen molar-refractivity contribution in [3.05, 3.63) is 34.6 Å². The van der Waals surface area contributed by atoms with Crippen LogP contribution in [-0.4, -0.2) is 77.2 Å². The Kier molecular flexibility index (Phi) is 8.66. The third kappa shape index (κ3) is 6.04. The van der Waals surface area contributed by atoms with E-state index in [1.165, 1.54) is 23.7 Å². The summed E-state index contributed by atoms with van der Waals surface area (Å²) in [5.41, 5.74) is 0.515. The molecule has 1 aromatic carbocycles. The van der Waals surface area contributed by atoms with Gasteiger partial charge >= 0.3 is 0 Å². The summed E-state index contributed by atoms with van der Waals surface area (Å²) in [5, 5.41) is 3.58. The number of nitrogens with zero attached hydrogens (tertiary/aromatic N) is 4. The van der Waals surface area contributed by atoms with E-state index in [2.05, 4.69) is 29.0 Å². The number of benzene rings is 1. The molecule has 8 nitrogen and oxygen atoms in total. The summed E-state index contributed by atoms with van der Waals surface area (Å²) in [7, 11) is 3.11. The van der Waals surface area contributed by atoms with Gasteiger partial charge in [0.2, 0.25) is 11.8 Å². The van der Waals surface area contributed by atoms with Crippen molar-refractivity contribution in [2.45, 2.75) is 25.5 Å². The first-order valence-corrected chi connectivity index (χ1v) is 10.7. The van der Waals surface area contributed by atoms with Gasteiger partial charge in [-0.15, -0.1) is 0 Å². The maximum Gasteiger partial charge on any atom is 0.262 e. The molecule has 0 atom stereocenters. The molecular formula is C20H29N5O3S. The Hall–Kier alpha value is -2.39. The van der Waals surface area contributed by atoms with E-state index in [0.717, 1.165) is 19.6 Å². The molecule has 0 saturated heterocycles. The van der Waals surface area contributed by atoms with Gasteiger partial charge in [0, 0.05) is 27.2 Å². The second-order valence-corrected chi connectivity index (χ2v) is 7.55. The molecule has 9 heteroatoms. The minimum Gasteiger partial charge on any atom is -0.358 e. The zero-order chi connectivity index (χ0) is 21.4. The van der Waals surface area contributed by atoms with Crippen LogP contribution in [0.25, 0.3) is 10.9 Å². The van der Waals surface area contributed by atoms with Gasteiger partial charge in [-0.2, -0.15) is 0 Å². The number of hydrogen-bond donors (Lipinski definition) is 1. The van der Waals surface area contributed by atoms with Crippen molar-refractivity contribution >= 4 is 34.5 Å². The highest BCUT2D eigenvalue weighted by atomic mass is 32.2. The Morgan fingerprint density at radius 2 is 1.90 bits per heavy atom. The zero-order valence-electron chi connectivity index (χ0n) is 17.5. The molecule has 0 spiro atoms. The number of hydrogen-bond acceptors (Lipinski definition) is 6. The molecule has 2 amide bonds. The smallest absolute Gasteiger partial charge is 0.262 e. The highest BCUT2D eigenvalue weighted by molar-refractivity contribution is 7.99. The van der Waals surface area contributed by atoms with E-state index >= 15 is 0 Å². The molecule has 0 aliphatic rings. The predicted octanol–water partition coefficient (Wildman–Crippen LogP) is 1.03. The van der Waals surface area contributed by atoms with Gasteiger partial charge in [-0.05, 0) is 25.2 Å². The summed E-state index contributed by atoms with van der Waals surface area (Å²) in [6.07, 6.45) is 0. The van der Waals surface area contributed by atoms with Crippen LogP contribution in [0.3, 0.4) is 0 Å². The van der Waals surface area contributed by atoms with Crippen LogP contribution >= 0.6 is 11.8 Å². The van der Waals surface area contributed by atoms with E-state index in [9.17, 15) is 14.4 Å². The van der Waals surface area contributed by atoms with E-state index in [1.807, 2.05) is 12.1 Å². The summed E-state index contributed by atoms with van der Waals surface area (Å²) in [6, 6.07) is 7.24. The van der Waals surface area contributed by atoms with Gasteiger partial charge in [0.05, 0.1) is 23.2 Å². The first-order valence-electron chi connectivity index (χ1n) is 9.70. The predicted molar refractivity (Wildman–Crippen MR) is 116 cm³/mol. The summed E-state index contributed by atoms with van der Waals surface area (Å²) in [5.74, 6) is -0.328. The monoisotopic (exact) mass is 419 g/mol. The molecular weight excluding hydrogens is 390 g/mol. The van der Waals surface area contributed by atoms with Crippen LogP contribution < -0.4 is 10.9 Å². The molecule has 1 aromatic heterocycles. The van der Waals surface area contributed by atoms with Crippen molar-refractivity contribution in [2.75, 3.05) is 46.0 Å². The molecule has 0 aliphatic carbocycles. The first kappa shape index (κ1) is 22.9. The van der Waals surface area contributed by atoms with E-state index in [0.29, 0.717) is 22.6 Å². The number of nitrogens with one attached hydrogen (secondary N) is 1. The maximum absolute atomic E-state index is 13.0. The fraction of sp³-hybridized carbons (Fsp3) is 0.500. The molecule has 2 aromatic rings. The van der Waals surface area contributed by atoms with Gasteiger partial charge in [-0.3, -0.25) is 19.0 Å². The molecule has 0 unspecified atom stereocenters. The standard InChI is InChI=1S/C20H29N5O3S/c1-5-24(6-2)11-12-25-19(28)15-9-7-8-10-16(15)22-20(25)29-14-18(27)23(4)13-17(26)21-3/h7-10H,5-6,11-14H2,1-4H3,(H,21,26). The Bertz CT molecular complexity index is 911. The van der Waals surface area contributed by atoms with Crippen molar-refractivity contribution in [1.29, 1.82) is 0 Å². The maximum atomic E-state index is 13.0. The van der Waals surface area contributed by atoms with Crippen LogP contribution in [0.2, 0.25) is 0 Å². The normalized spacial score (nSPS) is 11.1. The van der Waals surface area contributed by atoms with Gasteiger partial charge in [-0.1, -0.05) is 37.7 Å². The number of carbonyl (C=O) groups is 2. The van der Waals surface area contributed by atoms with Gasteiger partial charge in [-0.25, -0.2) is 4.98 Å². The van der Waals surface area contributed by atoms with Crippen molar-refractivity contribution < 1.29 is 9.59 Å². The third-order valence-corrected chi connectivity index (χ3v) is 5.73. The quantitative estimate of drug-likeness (QED) is 0.457. The summed E-state index contributed by atoms with van der Waals surface area (Å²) < 4.78 is 1.65. The number of para-hydroxylation sites is 1. The molecule has 0 radical (unpaired) electrons. The van der Waals surface area contributed by atoms with Crippen LogP contribution in [-0.2, 0) is 16.1 Å². The lowest BCUT2D eigenvalue weighted by atomic mass is 10.2. The van der Waals surface area contributed by atoms with Crippen molar-refractivity contribution in [3.8, 4) is 0 Å². The van der Waals surface area contributed by atoms with E-state index in [1.54, 1.807) is 23.7 Å². The van der Waals surface area contributed by atoms with Gasteiger partial charge < -0.3 is 15.1 Å². The van der Waals surface area contributed by atoms with Crippen LogP contribution in [0, 0.1) is 0 Å². The lowest BCUT2D eigenvalue weighted by Crippen LogP contribution is -2.38. The fourth-order valence-corrected chi connectivity index (χ4v) is 3.82. The summed E-state index contributed by atoms with van der Waals surface area (Å²) in [6.45, 7) is 7.20. The van der Waals surface area contributed by atoms with E-state index < -0.39 is 0 Å². The van der Waals surface area contributed by atoms with Crippen molar-refractivity contribution in [3.63, 3.8) is 0 Å². The van der Waals surface area contributed by atoms with E-state index in [-0.39, 0.29) is 29.7 Å².